The largest absolute Gasteiger partial charge is 0.490 e. The Balaban J connectivity index is 1.85. The van der Waals surface area contributed by atoms with Crippen molar-refractivity contribution in [2.75, 3.05) is 30.3 Å². The van der Waals surface area contributed by atoms with Gasteiger partial charge in [0.15, 0.2) is 0 Å². The van der Waals surface area contributed by atoms with Crippen LogP contribution < -0.4 is 14.4 Å². The fraction of sp³-hybridized carbons (Fsp3) is 0.350. The minimum atomic E-state index is -4.59. The van der Waals surface area contributed by atoms with Gasteiger partial charge >= 0.3 is 6.18 Å². The molecule has 170 valence electrons. The standard InChI is InChI=1S/C20H22ClF3N2O4S/c1-31(28,29)26(16-7-4-6-15(14-16)20(22,23)24)12-5-10-19(27)25-11-13-30-18-9-3-2-8-17(18)21/h2-4,6-9,14H,5,10-13H2,1H3,(H,25,27). The number of rotatable bonds is 10. The smallest absolute Gasteiger partial charge is 0.416 e. The van der Waals surface area contributed by atoms with Gasteiger partial charge in [-0.15, -0.1) is 0 Å². The predicted octanol–water partition coefficient (Wildman–Crippen LogP) is 4.10. The van der Waals surface area contributed by atoms with Gasteiger partial charge in [0.05, 0.1) is 29.1 Å². The molecular formula is C20H22ClF3N2O4S. The second-order valence-electron chi connectivity index (χ2n) is 6.62. The Morgan fingerprint density at radius 2 is 1.87 bits per heavy atom. The van der Waals surface area contributed by atoms with Gasteiger partial charge in [0.2, 0.25) is 15.9 Å². The molecule has 0 atom stereocenters. The van der Waals surface area contributed by atoms with E-state index in [9.17, 15) is 26.4 Å². The molecule has 2 aromatic rings. The Morgan fingerprint density at radius 3 is 2.52 bits per heavy atom. The van der Waals surface area contributed by atoms with Crippen LogP contribution in [0.2, 0.25) is 5.02 Å². The van der Waals surface area contributed by atoms with Gasteiger partial charge in [0.25, 0.3) is 0 Å². The van der Waals surface area contributed by atoms with E-state index in [0.29, 0.717) is 10.8 Å². The summed E-state index contributed by atoms with van der Waals surface area (Å²) >= 11 is 5.96. The maximum Gasteiger partial charge on any atom is 0.416 e. The van der Waals surface area contributed by atoms with Crippen LogP contribution in [0.4, 0.5) is 18.9 Å². The molecule has 1 N–H and O–H groups in total. The molecule has 0 fully saturated rings. The first kappa shape index (κ1) is 24.8. The Hall–Kier alpha value is -2.46. The lowest BCUT2D eigenvalue weighted by Crippen LogP contribution is -2.33. The average Bonchev–Trinajstić information content (AvgIpc) is 2.68. The molecule has 0 aliphatic heterocycles. The zero-order valence-electron chi connectivity index (χ0n) is 16.7. The number of amides is 1. The summed E-state index contributed by atoms with van der Waals surface area (Å²) < 4.78 is 69.2. The number of ether oxygens (including phenoxy) is 1. The van der Waals surface area contributed by atoms with Gasteiger partial charge in [-0.25, -0.2) is 8.42 Å². The normalized spacial score (nSPS) is 11.8. The number of para-hydroxylation sites is 1. The Labute approximate surface area is 184 Å². The number of nitrogens with one attached hydrogen (secondary N) is 1. The number of nitrogens with zero attached hydrogens (tertiary/aromatic N) is 1. The van der Waals surface area contributed by atoms with Crippen molar-refractivity contribution >= 4 is 33.2 Å². The molecule has 1 amide bonds. The predicted molar refractivity (Wildman–Crippen MR) is 113 cm³/mol. The maximum absolute atomic E-state index is 12.9. The monoisotopic (exact) mass is 478 g/mol. The first-order chi connectivity index (χ1) is 14.5. The van der Waals surface area contributed by atoms with Crippen LogP contribution in [0.15, 0.2) is 48.5 Å². The third-order valence-electron chi connectivity index (χ3n) is 4.15. The molecule has 0 aliphatic carbocycles. The van der Waals surface area contributed by atoms with Crippen LogP contribution in [0.1, 0.15) is 18.4 Å². The number of anilines is 1. The van der Waals surface area contributed by atoms with Gasteiger partial charge < -0.3 is 10.1 Å². The van der Waals surface area contributed by atoms with Crippen LogP contribution in [0.3, 0.4) is 0 Å². The summed E-state index contributed by atoms with van der Waals surface area (Å²) in [5, 5.41) is 3.08. The number of hydrogen-bond donors (Lipinski definition) is 1. The van der Waals surface area contributed by atoms with Crippen molar-refractivity contribution in [1.82, 2.24) is 5.32 Å². The van der Waals surface area contributed by atoms with Crippen LogP contribution in [-0.4, -0.2) is 40.3 Å². The van der Waals surface area contributed by atoms with E-state index >= 15 is 0 Å². The van der Waals surface area contributed by atoms with E-state index in [4.69, 9.17) is 16.3 Å². The minimum absolute atomic E-state index is 0.00290. The molecular weight excluding hydrogens is 457 g/mol. The van der Waals surface area contributed by atoms with Crippen LogP contribution >= 0.6 is 11.6 Å². The third kappa shape index (κ3) is 7.95. The molecule has 31 heavy (non-hydrogen) atoms. The molecule has 0 heterocycles. The Morgan fingerprint density at radius 1 is 1.16 bits per heavy atom. The third-order valence-corrected chi connectivity index (χ3v) is 5.65. The number of alkyl halides is 3. The van der Waals surface area contributed by atoms with Gasteiger partial charge in [-0.3, -0.25) is 9.10 Å². The van der Waals surface area contributed by atoms with E-state index in [1.54, 1.807) is 24.3 Å². The number of benzene rings is 2. The molecule has 0 radical (unpaired) electrons. The van der Waals surface area contributed by atoms with Gasteiger partial charge in [0.1, 0.15) is 12.4 Å². The second-order valence-corrected chi connectivity index (χ2v) is 8.93. The first-order valence-electron chi connectivity index (χ1n) is 9.27. The second kappa shape index (κ2) is 10.7. The zero-order chi connectivity index (χ0) is 23.1. The number of carbonyl (C=O) groups is 1. The van der Waals surface area contributed by atoms with E-state index in [-0.39, 0.29) is 44.1 Å². The molecule has 0 spiro atoms. The highest BCUT2D eigenvalue weighted by Crippen LogP contribution is 2.32. The zero-order valence-corrected chi connectivity index (χ0v) is 18.2. The quantitative estimate of drug-likeness (QED) is 0.522. The van der Waals surface area contributed by atoms with Crippen molar-refractivity contribution in [2.45, 2.75) is 19.0 Å². The number of hydrogen-bond acceptors (Lipinski definition) is 4. The maximum atomic E-state index is 12.9. The van der Waals surface area contributed by atoms with E-state index in [2.05, 4.69) is 5.32 Å². The summed E-state index contributed by atoms with van der Waals surface area (Å²) in [7, 11) is -3.83. The topological polar surface area (TPSA) is 75.7 Å². The molecule has 0 aromatic heterocycles. The van der Waals surface area contributed by atoms with Crippen LogP contribution in [-0.2, 0) is 21.0 Å². The van der Waals surface area contributed by atoms with Crippen molar-refractivity contribution in [3.05, 3.63) is 59.1 Å². The molecule has 0 aliphatic rings. The summed E-state index contributed by atoms with van der Waals surface area (Å²) in [4.78, 5) is 12.0. The summed E-state index contributed by atoms with van der Waals surface area (Å²) in [5.41, 5.74) is -1.05. The lowest BCUT2D eigenvalue weighted by atomic mass is 10.2. The van der Waals surface area contributed by atoms with Gasteiger partial charge in [0, 0.05) is 13.0 Å². The molecule has 0 saturated carbocycles. The number of sulfonamides is 1. The summed E-state index contributed by atoms with van der Waals surface area (Å²) in [6.45, 7) is 0.270. The van der Waals surface area contributed by atoms with Gasteiger partial charge in [-0.2, -0.15) is 13.2 Å². The van der Waals surface area contributed by atoms with Gasteiger partial charge in [-0.1, -0.05) is 29.8 Å². The fourth-order valence-electron chi connectivity index (χ4n) is 2.71. The lowest BCUT2D eigenvalue weighted by Gasteiger charge is -2.23. The summed E-state index contributed by atoms with van der Waals surface area (Å²) in [6.07, 6.45) is -3.57. The molecule has 2 rings (SSSR count). The molecule has 2 aromatic carbocycles. The lowest BCUT2D eigenvalue weighted by molar-refractivity contribution is -0.137. The van der Waals surface area contributed by atoms with Gasteiger partial charge in [-0.05, 0) is 36.8 Å². The highest BCUT2D eigenvalue weighted by molar-refractivity contribution is 7.92. The van der Waals surface area contributed by atoms with Crippen molar-refractivity contribution in [1.29, 1.82) is 0 Å². The van der Waals surface area contributed by atoms with E-state index in [1.165, 1.54) is 6.07 Å². The SMILES string of the molecule is CS(=O)(=O)N(CCCC(=O)NCCOc1ccccc1Cl)c1cccc(C(F)(F)F)c1. The average molecular weight is 479 g/mol. The van der Waals surface area contributed by atoms with Crippen molar-refractivity contribution in [2.24, 2.45) is 0 Å². The highest BCUT2D eigenvalue weighted by atomic mass is 35.5. The first-order valence-corrected chi connectivity index (χ1v) is 11.5. The summed E-state index contributed by atoms with van der Waals surface area (Å²) in [6, 6.07) is 10.9. The molecule has 0 saturated heterocycles. The number of halogens is 4. The fourth-order valence-corrected chi connectivity index (χ4v) is 3.86. The minimum Gasteiger partial charge on any atom is -0.490 e. The van der Waals surface area contributed by atoms with Crippen molar-refractivity contribution in [3.8, 4) is 5.75 Å². The molecule has 11 heteroatoms. The summed E-state index contributed by atoms with van der Waals surface area (Å²) in [5.74, 6) is 0.156. The highest BCUT2D eigenvalue weighted by Gasteiger charge is 2.31. The Kier molecular flexibility index (Phi) is 8.58. The van der Waals surface area contributed by atoms with E-state index in [1.807, 2.05) is 0 Å². The molecule has 0 bridgehead atoms. The van der Waals surface area contributed by atoms with E-state index < -0.39 is 21.8 Å². The van der Waals surface area contributed by atoms with E-state index in [0.717, 1.165) is 28.8 Å². The van der Waals surface area contributed by atoms with Crippen LogP contribution in [0.5, 0.6) is 5.75 Å². The number of carbonyl (C=O) groups excluding carboxylic acids is 1. The Bertz CT molecular complexity index is 1000. The molecule has 6 nitrogen and oxygen atoms in total. The van der Waals surface area contributed by atoms with Crippen molar-refractivity contribution in [3.63, 3.8) is 0 Å². The van der Waals surface area contributed by atoms with Crippen LogP contribution in [0, 0.1) is 0 Å². The van der Waals surface area contributed by atoms with Crippen LogP contribution in [0.25, 0.3) is 0 Å². The van der Waals surface area contributed by atoms with Crippen molar-refractivity contribution < 1.29 is 31.1 Å². The molecule has 0 unspecified atom stereocenters.